The molecule has 20 heavy (non-hydrogen) atoms. The van der Waals surface area contributed by atoms with Crippen LogP contribution >= 0.6 is 0 Å². The molecule has 0 heterocycles. The first-order valence-electron chi connectivity index (χ1n) is 8.02. The Morgan fingerprint density at radius 1 is 1.40 bits per heavy atom. The summed E-state index contributed by atoms with van der Waals surface area (Å²) in [7, 11) is 0. The normalized spacial score (nSPS) is 28.4. The number of nitrogens with one attached hydrogen (secondary N) is 1. The number of aliphatic hydroxyl groups is 1. The maximum atomic E-state index is 12.2. The smallest absolute Gasteiger partial charge is 0.220 e. The summed E-state index contributed by atoms with van der Waals surface area (Å²) in [5, 5.41) is 12.8. The van der Waals surface area contributed by atoms with Gasteiger partial charge < -0.3 is 16.2 Å². The molecule has 0 radical (unpaired) electrons. The first-order chi connectivity index (χ1) is 9.40. The molecule has 0 aromatic rings. The van der Waals surface area contributed by atoms with Crippen LogP contribution in [0.25, 0.3) is 0 Å². The van der Waals surface area contributed by atoms with Gasteiger partial charge in [0.25, 0.3) is 0 Å². The lowest BCUT2D eigenvalue weighted by molar-refractivity contribution is -0.125. The second-order valence-corrected chi connectivity index (χ2v) is 7.10. The van der Waals surface area contributed by atoms with Gasteiger partial charge in [-0.1, -0.05) is 20.8 Å². The summed E-state index contributed by atoms with van der Waals surface area (Å²) in [4.78, 5) is 12.2. The average molecular weight is 284 g/mol. The molecule has 1 aliphatic carbocycles. The van der Waals surface area contributed by atoms with Crippen LogP contribution in [0.15, 0.2) is 0 Å². The Bertz CT molecular complexity index is 297. The highest BCUT2D eigenvalue weighted by Gasteiger charge is 2.35. The van der Waals surface area contributed by atoms with Crippen molar-refractivity contribution in [1.82, 2.24) is 5.32 Å². The number of aliphatic hydroxyl groups excluding tert-OH is 1. The molecule has 1 aliphatic rings. The molecule has 0 saturated heterocycles. The molecule has 1 unspecified atom stereocenters. The second kappa shape index (κ2) is 7.99. The summed E-state index contributed by atoms with van der Waals surface area (Å²) in [6.45, 7) is 7.13. The lowest BCUT2D eigenvalue weighted by Crippen LogP contribution is -2.53. The van der Waals surface area contributed by atoms with Crippen molar-refractivity contribution in [1.29, 1.82) is 0 Å². The van der Waals surface area contributed by atoms with Gasteiger partial charge in [0, 0.05) is 6.42 Å². The molecule has 0 aromatic carbocycles. The molecule has 4 nitrogen and oxygen atoms in total. The zero-order valence-corrected chi connectivity index (χ0v) is 13.3. The molecule has 0 aromatic heterocycles. The average Bonchev–Trinajstić information content (AvgIpc) is 2.40. The van der Waals surface area contributed by atoms with E-state index in [1.54, 1.807) is 0 Å². The Balaban J connectivity index is 2.50. The summed E-state index contributed by atoms with van der Waals surface area (Å²) in [5.74, 6) is 1.54. The first-order valence-corrected chi connectivity index (χ1v) is 8.02. The fraction of sp³-hybridized carbons (Fsp3) is 0.938. The fourth-order valence-electron chi connectivity index (χ4n) is 3.18. The van der Waals surface area contributed by atoms with Gasteiger partial charge in [-0.15, -0.1) is 0 Å². The lowest BCUT2D eigenvalue weighted by atomic mass is 9.77. The molecule has 1 amide bonds. The minimum Gasteiger partial charge on any atom is -0.394 e. The summed E-state index contributed by atoms with van der Waals surface area (Å²) in [6, 6.07) is 0. The van der Waals surface area contributed by atoms with Crippen LogP contribution in [-0.2, 0) is 4.79 Å². The van der Waals surface area contributed by atoms with Gasteiger partial charge in [0.2, 0.25) is 5.91 Å². The van der Waals surface area contributed by atoms with Crippen LogP contribution in [0.5, 0.6) is 0 Å². The predicted octanol–water partition coefficient (Wildman–Crippen LogP) is 2.05. The van der Waals surface area contributed by atoms with E-state index in [-0.39, 0.29) is 24.0 Å². The van der Waals surface area contributed by atoms with Crippen molar-refractivity contribution in [2.45, 2.75) is 64.8 Å². The molecule has 0 bridgehead atoms. The van der Waals surface area contributed by atoms with E-state index in [2.05, 4.69) is 26.1 Å². The van der Waals surface area contributed by atoms with E-state index in [4.69, 9.17) is 5.73 Å². The van der Waals surface area contributed by atoms with Crippen LogP contribution in [0.4, 0.5) is 0 Å². The number of rotatable bonds is 7. The second-order valence-electron chi connectivity index (χ2n) is 7.10. The Labute approximate surface area is 123 Å². The third kappa shape index (κ3) is 5.41. The third-order valence-corrected chi connectivity index (χ3v) is 4.55. The summed E-state index contributed by atoms with van der Waals surface area (Å²) < 4.78 is 0. The van der Waals surface area contributed by atoms with E-state index in [9.17, 15) is 9.90 Å². The molecule has 4 N–H and O–H groups in total. The van der Waals surface area contributed by atoms with E-state index < -0.39 is 0 Å². The molecular weight excluding hydrogens is 252 g/mol. The molecule has 0 spiro atoms. The molecule has 1 rings (SSSR count). The van der Waals surface area contributed by atoms with Crippen molar-refractivity contribution >= 4 is 5.91 Å². The van der Waals surface area contributed by atoms with Crippen molar-refractivity contribution in [2.24, 2.45) is 23.5 Å². The minimum atomic E-state index is -0.388. The lowest BCUT2D eigenvalue weighted by Gasteiger charge is -2.39. The van der Waals surface area contributed by atoms with Gasteiger partial charge in [-0.25, -0.2) is 0 Å². The number of amides is 1. The maximum absolute atomic E-state index is 12.2. The highest BCUT2D eigenvalue weighted by atomic mass is 16.3. The van der Waals surface area contributed by atoms with E-state index in [0.717, 1.165) is 32.1 Å². The number of nitrogens with two attached hydrogens (primary N) is 1. The zero-order valence-electron chi connectivity index (χ0n) is 13.3. The van der Waals surface area contributed by atoms with Gasteiger partial charge in [0.1, 0.15) is 0 Å². The van der Waals surface area contributed by atoms with Crippen LogP contribution in [0.3, 0.4) is 0 Å². The zero-order chi connectivity index (χ0) is 15.2. The van der Waals surface area contributed by atoms with Gasteiger partial charge in [0.05, 0.1) is 12.1 Å². The molecule has 1 fully saturated rings. The highest BCUT2D eigenvalue weighted by molar-refractivity contribution is 5.77. The van der Waals surface area contributed by atoms with Crippen LogP contribution in [0.2, 0.25) is 0 Å². The molecule has 1 atom stereocenters. The molecule has 4 heteroatoms. The Morgan fingerprint density at radius 3 is 2.45 bits per heavy atom. The van der Waals surface area contributed by atoms with E-state index in [1.165, 1.54) is 0 Å². The van der Waals surface area contributed by atoms with Gasteiger partial charge in [0.15, 0.2) is 0 Å². The van der Waals surface area contributed by atoms with Crippen LogP contribution in [0.1, 0.15) is 59.3 Å². The van der Waals surface area contributed by atoms with Crippen LogP contribution in [-0.4, -0.2) is 29.7 Å². The Kier molecular flexibility index (Phi) is 6.96. The van der Waals surface area contributed by atoms with Crippen molar-refractivity contribution in [2.75, 3.05) is 13.2 Å². The third-order valence-electron chi connectivity index (χ3n) is 4.55. The summed E-state index contributed by atoms with van der Waals surface area (Å²) in [5.41, 5.74) is 5.37. The van der Waals surface area contributed by atoms with Crippen LogP contribution < -0.4 is 11.1 Å². The van der Waals surface area contributed by atoms with Gasteiger partial charge in [-0.2, -0.15) is 0 Å². The van der Waals surface area contributed by atoms with Crippen LogP contribution in [0, 0.1) is 17.8 Å². The predicted molar refractivity (Wildman–Crippen MR) is 82.2 cm³/mol. The fourth-order valence-corrected chi connectivity index (χ4v) is 3.18. The molecular formula is C16H32N2O2. The maximum Gasteiger partial charge on any atom is 0.220 e. The van der Waals surface area contributed by atoms with Gasteiger partial charge in [-0.3, -0.25) is 4.79 Å². The van der Waals surface area contributed by atoms with Gasteiger partial charge >= 0.3 is 0 Å². The SMILES string of the molecule is CC(C)CC(CN)CC(=O)NC1(CO)CCC(C)CC1. The standard InChI is InChI=1S/C16H32N2O2/c1-12(2)8-14(10-17)9-15(20)18-16(11-19)6-4-13(3)5-7-16/h12-14,19H,4-11,17H2,1-3H3,(H,18,20). The van der Waals surface area contributed by atoms with E-state index in [1.807, 2.05) is 0 Å². The van der Waals surface area contributed by atoms with E-state index in [0.29, 0.717) is 24.8 Å². The van der Waals surface area contributed by atoms with Crippen molar-refractivity contribution in [3.8, 4) is 0 Å². The number of carbonyl (C=O) groups is 1. The van der Waals surface area contributed by atoms with Crippen molar-refractivity contribution < 1.29 is 9.90 Å². The Morgan fingerprint density at radius 2 is 2.00 bits per heavy atom. The quantitative estimate of drug-likeness (QED) is 0.670. The minimum absolute atomic E-state index is 0.0446. The number of carbonyl (C=O) groups excluding carboxylic acids is 1. The first kappa shape index (κ1) is 17.4. The van der Waals surface area contributed by atoms with Crippen molar-refractivity contribution in [3.63, 3.8) is 0 Å². The molecule has 1 saturated carbocycles. The molecule has 118 valence electrons. The van der Waals surface area contributed by atoms with Gasteiger partial charge in [-0.05, 0) is 56.4 Å². The highest BCUT2D eigenvalue weighted by Crippen LogP contribution is 2.31. The van der Waals surface area contributed by atoms with Crippen molar-refractivity contribution in [3.05, 3.63) is 0 Å². The number of hydrogen-bond acceptors (Lipinski definition) is 3. The summed E-state index contributed by atoms with van der Waals surface area (Å²) in [6.07, 6.45) is 5.38. The topological polar surface area (TPSA) is 75.4 Å². The van der Waals surface area contributed by atoms with E-state index >= 15 is 0 Å². The monoisotopic (exact) mass is 284 g/mol. The largest absolute Gasteiger partial charge is 0.394 e. The summed E-state index contributed by atoms with van der Waals surface area (Å²) >= 11 is 0. The number of hydrogen-bond donors (Lipinski definition) is 3. The Hall–Kier alpha value is -0.610. The molecule has 0 aliphatic heterocycles.